The van der Waals surface area contributed by atoms with Crippen molar-refractivity contribution in [3.05, 3.63) is 22.6 Å². The van der Waals surface area contributed by atoms with Gasteiger partial charge in [0.05, 0.1) is 0 Å². The average molecular weight is 169 g/mol. The highest BCUT2D eigenvalue weighted by atomic mass is 16.6. The zero-order valence-electron chi connectivity index (χ0n) is 6.93. The van der Waals surface area contributed by atoms with Gasteiger partial charge >= 0.3 is 5.82 Å². The van der Waals surface area contributed by atoms with Gasteiger partial charge in [0.25, 0.3) is 0 Å². The summed E-state index contributed by atoms with van der Waals surface area (Å²) >= 11 is 0. The Bertz CT molecular complexity index is 269. The highest BCUT2D eigenvalue weighted by Crippen LogP contribution is 2.06. The van der Waals surface area contributed by atoms with Gasteiger partial charge in [0, 0.05) is 6.54 Å². The second-order valence-corrected chi connectivity index (χ2v) is 2.58. The van der Waals surface area contributed by atoms with Crippen molar-refractivity contribution < 1.29 is 4.92 Å². The van der Waals surface area contributed by atoms with Crippen LogP contribution >= 0.6 is 0 Å². The molecule has 0 amide bonds. The van der Waals surface area contributed by atoms with Gasteiger partial charge in [-0.2, -0.15) is 0 Å². The van der Waals surface area contributed by atoms with Crippen molar-refractivity contribution in [1.82, 2.24) is 9.55 Å². The first-order valence-corrected chi connectivity index (χ1v) is 3.90. The lowest BCUT2D eigenvalue weighted by Gasteiger charge is -1.94. The number of nitrogens with zero attached hydrogens (tertiary/aromatic N) is 3. The van der Waals surface area contributed by atoms with Crippen LogP contribution in [0, 0.1) is 10.1 Å². The summed E-state index contributed by atoms with van der Waals surface area (Å²) in [6.45, 7) is 2.88. The Morgan fingerprint density at radius 1 is 1.75 bits per heavy atom. The Morgan fingerprint density at radius 2 is 2.50 bits per heavy atom. The lowest BCUT2D eigenvalue weighted by molar-refractivity contribution is -0.389. The van der Waals surface area contributed by atoms with E-state index in [0.29, 0.717) is 0 Å². The molecular weight excluding hydrogens is 158 g/mol. The van der Waals surface area contributed by atoms with Crippen LogP contribution in [0.5, 0.6) is 0 Å². The predicted octanol–water partition coefficient (Wildman–Crippen LogP) is 1.59. The maximum atomic E-state index is 10.2. The molecule has 0 aliphatic rings. The molecule has 0 N–H and O–H groups in total. The summed E-state index contributed by atoms with van der Waals surface area (Å²) < 4.78 is 1.74. The molecule has 1 heterocycles. The number of rotatable bonds is 4. The second kappa shape index (κ2) is 3.85. The Balaban J connectivity index is 2.58. The standard InChI is InChI=1S/C7H11N3O2/c1-2-3-4-9-5-7(8-6-9)10(11)12/h5-6H,2-4H2,1H3. The van der Waals surface area contributed by atoms with Gasteiger partial charge in [-0.25, -0.2) is 0 Å². The monoisotopic (exact) mass is 169 g/mol. The fourth-order valence-electron chi connectivity index (χ4n) is 0.906. The van der Waals surface area contributed by atoms with Crippen LogP contribution in [0.2, 0.25) is 0 Å². The summed E-state index contributed by atoms with van der Waals surface area (Å²) in [6, 6.07) is 0. The van der Waals surface area contributed by atoms with Crippen molar-refractivity contribution in [2.75, 3.05) is 0 Å². The quantitative estimate of drug-likeness (QED) is 0.508. The maximum absolute atomic E-state index is 10.2. The summed E-state index contributed by atoms with van der Waals surface area (Å²) in [4.78, 5) is 13.4. The van der Waals surface area contributed by atoms with E-state index in [2.05, 4.69) is 11.9 Å². The van der Waals surface area contributed by atoms with E-state index >= 15 is 0 Å². The van der Waals surface area contributed by atoms with E-state index < -0.39 is 4.92 Å². The fraction of sp³-hybridized carbons (Fsp3) is 0.571. The number of nitro groups is 1. The molecule has 1 rings (SSSR count). The van der Waals surface area contributed by atoms with Crippen LogP contribution in [-0.2, 0) is 6.54 Å². The van der Waals surface area contributed by atoms with Gasteiger partial charge in [-0.05, 0) is 16.3 Å². The van der Waals surface area contributed by atoms with E-state index in [0.717, 1.165) is 19.4 Å². The SMILES string of the molecule is CCCCn1cnc([N+](=O)[O-])c1. The summed E-state index contributed by atoms with van der Waals surface area (Å²) in [5, 5.41) is 10.2. The fourth-order valence-corrected chi connectivity index (χ4v) is 0.906. The molecule has 0 spiro atoms. The Hall–Kier alpha value is -1.39. The van der Waals surface area contributed by atoms with Gasteiger partial charge in [-0.1, -0.05) is 13.3 Å². The first-order valence-electron chi connectivity index (χ1n) is 3.90. The zero-order valence-corrected chi connectivity index (χ0v) is 6.93. The molecule has 66 valence electrons. The molecule has 5 nitrogen and oxygen atoms in total. The van der Waals surface area contributed by atoms with Gasteiger partial charge in [0.1, 0.15) is 6.20 Å². The van der Waals surface area contributed by atoms with E-state index in [1.807, 2.05) is 0 Å². The van der Waals surface area contributed by atoms with Crippen molar-refractivity contribution in [3.8, 4) is 0 Å². The van der Waals surface area contributed by atoms with Crippen LogP contribution < -0.4 is 0 Å². The molecule has 0 radical (unpaired) electrons. The molecular formula is C7H11N3O2. The van der Waals surface area contributed by atoms with Crippen molar-refractivity contribution >= 4 is 5.82 Å². The number of aromatic nitrogens is 2. The summed E-state index contributed by atoms with van der Waals surface area (Å²) in [5.74, 6) is -0.0777. The summed E-state index contributed by atoms with van der Waals surface area (Å²) in [7, 11) is 0. The van der Waals surface area contributed by atoms with Crippen LogP contribution in [-0.4, -0.2) is 14.5 Å². The molecule has 5 heteroatoms. The molecule has 0 aliphatic carbocycles. The minimum Gasteiger partial charge on any atom is -0.358 e. The highest BCUT2D eigenvalue weighted by molar-refractivity contribution is 5.12. The van der Waals surface area contributed by atoms with Gasteiger partial charge < -0.3 is 14.7 Å². The van der Waals surface area contributed by atoms with E-state index in [1.165, 1.54) is 12.5 Å². The first-order chi connectivity index (χ1) is 5.74. The normalized spacial score (nSPS) is 10.1. The number of imidazole rings is 1. The molecule has 0 saturated carbocycles. The molecule has 0 saturated heterocycles. The molecule has 12 heavy (non-hydrogen) atoms. The minimum absolute atomic E-state index is 0.0777. The summed E-state index contributed by atoms with van der Waals surface area (Å²) in [5.41, 5.74) is 0. The molecule has 0 fully saturated rings. The Morgan fingerprint density at radius 3 is 3.00 bits per heavy atom. The molecule has 0 unspecified atom stereocenters. The van der Waals surface area contributed by atoms with Crippen LogP contribution in [0.4, 0.5) is 5.82 Å². The Kier molecular flexibility index (Phi) is 2.79. The third-order valence-corrected chi connectivity index (χ3v) is 1.58. The zero-order chi connectivity index (χ0) is 8.97. The minimum atomic E-state index is -0.484. The molecule has 0 aromatic carbocycles. The van der Waals surface area contributed by atoms with Crippen molar-refractivity contribution in [1.29, 1.82) is 0 Å². The van der Waals surface area contributed by atoms with E-state index in [-0.39, 0.29) is 5.82 Å². The van der Waals surface area contributed by atoms with Crippen molar-refractivity contribution in [3.63, 3.8) is 0 Å². The largest absolute Gasteiger partial charge is 0.381 e. The van der Waals surface area contributed by atoms with E-state index in [1.54, 1.807) is 4.57 Å². The summed E-state index contributed by atoms with van der Waals surface area (Å²) in [6.07, 6.45) is 5.04. The number of unbranched alkanes of at least 4 members (excludes halogenated alkanes) is 1. The van der Waals surface area contributed by atoms with Gasteiger partial charge in [-0.3, -0.25) is 0 Å². The number of hydrogen-bond donors (Lipinski definition) is 0. The first kappa shape index (κ1) is 8.70. The van der Waals surface area contributed by atoms with Gasteiger partial charge in [0.2, 0.25) is 6.33 Å². The Labute approximate surface area is 70.2 Å². The third kappa shape index (κ3) is 2.05. The van der Waals surface area contributed by atoms with Crippen LogP contribution in [0.15, 0.2) is 12.5 Å². The topological polar surface area (TPSA) is 61.0 Å². The highest BCUT2D eigenvalue weighted by Gasteiger charge is 2.08. The second-order valence-electron chi connectivity index (χ2n) is 2.58. The number of hydrogen-bond acceptors (Lipinski definition) is 3. The van der Waals surface area contributed by atoms with Crippen molar-refractivity contribution in [2.24, 2.45) is 0 Å². The van der Waals surface area contributed by atoms with Crippen LogP contribution in [0.3, 0.4) is 0 Å². The molecule has 1 aromatic rings. The van der Waals surface area contributed by atoms with Gasteiger partial charge in [-0.15, -0.1) is 0 Å². The predicted molar refractivity (Wildman–Crippen MR) is 43.8 cm³/mol. The van der Waals surface area contributed by atoms with Crippen molar-refractivity contribution in [2.45, 2.75) is 26.3 Å². The average Bonchev–Trinajstić information content (AvgIpc) is 2.48. The molecule has 0 atom stereocenters. The van der Waals surface area contributed by atoms with Crippen LogP contribution in [0.1, 0.15) is 19.8 Å². The lowest BCUT2D eigenvalue weighted by atomic mass is 10.3. The smallest absolute Gasteiger partial charge is 0.358 e. The molecule has 0 aliphatic heterocycles. The molecule has 1 aromatic heterocycles. The van der Waals surface area contributed by atoms with Gasteiger partial charge in [0.15, 0.2) is 0 Å². The lowest BCUT2D eigenvalue weighted by Crippen LogP contribution is -1.93. The maximum Gasteiger partial charge on any atom is 0.381 e. The van der Waals surface area contributed by atoms with E-state index in [9.17, 15) is 10.1 Å². The molecule has 0 bridgehead atoms. The third-order valence-electron chi connectivity index (χ3n) is 1.58. The van der Waals surface area contributed by atoms with Crippen LogP contribution in [0.25, 0.3) is 0 Å². The number of aryl methyl sites for hydroxylation is 1. The van der Waals surface area contributed by atoms with E-state index in [4.69, 9.17) is 0 Å².